The first-order valence-corrected chi connectivity index (χ1v) is 12.2. The van der Waals surface area contributed by atoms with Crippen LogP contribution < -0.4 is 0 Å². The third-order valence-corrected chi connectivity index (χ3v) is 7.81. The molecule has 0 amide bonds. The van der Waals surface area contributed by atoms with Crippen LogP contribution in [0.15, 0.2) is 85.0 Å². The lowest BCUT2D eigenvalue weighted by Gasteiger charge is -2.45. The molecule has 0 bridgehead atoms. The number of carbonyl (C=O) groups excluding carboxylic acids is 1. The molecule has 6 rings (SSSR count). The van der Waals surface area contributed by atoms with Gasteiger partial charge in [0.1, 0.15) is 5.69 Å². The van der Waals surface area contributed by atoms with Gasteiger partial charge in [0, 0.05) is 35.5 Å². The number of Topliss-reactive ketones (excluding diaryl/α,β-unsaturated/α-hetero) is 1. The van der Waals surface area contributed by atoms with Crippen LogP contribution in [-0.4, -0.2) is 25.5 Å². The molecule has 2 aliphatic carbocycles. The Morgan fingerprint density at radius 2 is 1.89 bits per heavy atom. The largest absolute Gasteiger partial charge is 0.308 e. The average Bonchev–Trinajstić information content (AvgIpc) is 3.33. The molecule has 0 spiro atoms. The lowest BCUT2D eigenvalue weighted by Crippen LogP contribution is -2.46. The van der Waals surface area contributed by atoms with E-state index in [1.165, 1.54) is 0 Å². The summed E-state index contributed by atoms with van der Waals surface area (Å²) in [5, 5.41) is 5.12. The lowest BCUT2D eigenvalue weighted by molar-refractivity contribution is -0.121. The number of rotatable bonds is 3. The van der Waals surface area contributed by atoms with Crippen molar-refractivity contribution in [1.29, 1.82) is 0 Å². The van der Waals surface area contributed by atoms with Crippen LogP contribution in [0.5, 0.6) is 0 Å². The van der Waals surface area contributed by atoms with E-state index in [9.17, 15) is 4.79 Å². The standard InChI is InChI=1S/C30H25N5O/c1-19-24-14-13-23-27(25-8-4-5-16-33-25)34-35(29(23)30(24,2)17-26(31-3)28(19)36)22-11-9-20(10-12-22)21-7-6-15-32-18-21/h4-12,15-19,24H,13-14H2,1-2H3/t19-,24-,30-/m1/s1. The molecule has 3 heterocycles. The smallest absolute Gasteiger partial charge is 0.226 e. The van der Waals surface area contributed by atoms with Crippen molar-refractivity contribution >= 4 is 5.78 Å². The van der Waals surface area contributed by atoms with E-state index in [2.05, 4.69) is 46.0 Å². The minimum absolute atomic E-state index is 0.0484. The van der Waals surface area contributed by atoms with E-state index >= 15 is 0 Å². The van der Waals surface area contributed by atoms with Gasteiger partial charge in [-0.3, -0.25) is 9.97 Å². The third-order valence-electron chi connectivity index (χ3n) is 7.81. The molecule has 6 nitrogen and oxygen atoms in total. The van der Waals surface area contributed by atoms with E-state index in [-0.39, 0.29) is 23.3 Å². The fourth-order valence-electron chi connectivity index (χ4n) is 6.04. The summed E-state index contributed by atoms with van der Waals surface area (Å²) in [6.07, 6.45) is 8.99. The lowest BCUT2D eigenvalue weighted by atomic mass is 9.58. The highest BCUT2D eigenvalue weighted by Gasteiger charge is 2.50. The number of allylic oxidation sites excluding steroid dienone is 2. The minimum Gasteiger partial charge on any atom is -0.308 e. The van der Waals surface area contributed by atoms with Crippen molar-refractivity contribution in [3.05, 3.63) is 108 Å². The highest BCUT2D eigenvalue weighted by Crippen LogP contribution is 2.52. The van der Waals surface area contributed by atoms with Crippen molar-refractivity contribution in [2.75, 3.05) is 0 Å². The summed E-state index contributed by atoms with van der Waals surface area (Å²) in [5.74, 6) is -0.163. The summed E-state index contributed by atoms with van der Waals surface area (Å²) < 4.78 is 2.01. The number of hydrogen-bond donors (Lipinski definition) is 0. The monoisotopic (exact) mass is 471 g/mol. The Morgan fingerprint density at radius 3 is 2.58 bits per heavy atom. The summed E-state index contributed by atoms with van der Waals surface area (Å²) in [5.41, 5.74) is 6.69. The fourth-order valence-corrected chi connectivity index (χ4v) is 6.04. The van der Waals surface area contributed by atoms with E-state index in [0.29, 0.717) is 0 Å². The second-order valence-electron chi connectivity index (χ2n) is 9.81. The maximum atomic E-state index is 12.9. The summed E-state index contributed by atoms with van der Waals surface area (Å²) in [6.45, 7) is 11.8. The molecule has 0 unspecified atom stereocenters. The van der Waals surface area contributed by atoms with Gasteiger partial charge in [-0.2, -0.15) is 5.10 Å². The predicted octanol–water partition coefficient (Wildman–Crippen LogP) is 5.84. The molecule has 6 heteroatoms. The van der Waals surface area contributed by atoms with Crippen LogP contribution in [0.1, 0.15) is 31.5 Å². The zero-order valence-electron chi connectivity index (χ0n) is 20.2. The summed E-state index contributed by atoms with van der Waals surface area (Å²) >= 11 is 0. The number of benzene rings is 1. The molecular weight excluding hydrogens is 446 g/mol. The van der Waals surface area contributed by atoms with Gasteiger partial charge in [-0.1, -0.05) is 44.2 Å². The van der Waals surface area contributed by atoms with Crippen molar-refractivity contribution < 1.29 is 4.79 Å². The van der Waals surface area contributed by atoms with Gasteiger partial charge in [0.15, 0.2) is 5.78 Å². The quantitative estimate of drug-likeness (QED) is 0.352. The molecule has 2 aliphatic rings. The number of carbonyl (C=O) groups is 1. The Hall–Kier alpha value is -4.37. The second-order valence-corrected chi connectivity index (χ2v) is 9.81. The Morgan fingerprint density at radius 1 is 1.06 bits per heavy atom. The van der Waals surface area contributed by atoms with E-state index in [0.717, 1.165) is 52.3 Å². The van der Waals surface area contributed by atoms with E-state index in [1.807, 2.05) is 54.2 Å². The Labute approximate surface area is 210 Å². The SMILES string of the molecule is [C-]#[N+]C1=C[C@@]2(C)c3c(c(-c4ccccn4)nn3-c3ccc(-c4cccnc4)cc3)CC[C@@H]2[C@@H](C)C1=O. The summed E-state index contributed by atoms with van der Waals surface area (Å²) in [6, 6.07) is 18.1. The van der Waals surface area contributed by atoms with E-state index < -0.39 is 5.41 Å². The Kier molecular flexibility index (Phi) is 5.15. The van der Waals surface area contributed by atoms with Crippen LogP contribution in [0.2, 0.25) is 0 Å². The van der Waals surface area contributed by atoms with Crippen molar-refractivity contribution in [3.63, 3.8) is 0 Å². The molecule has 176 valence electrons. The molecule has 3 aromatic heterocycles. The molecule has 0 saturated heterocycles. The molecule has 0 aliphatic heterocycles. The van der Waals surface area contributed by atoms with Gasteiger partial charge < -0.3 is 4.79 Å². The van der Waals surface area contributed by atoms with Crippen molar-refractivity contribution in [1.82, 2.24) is 19.7 Å². The molecule has 0 N–H and O–H groups in total. The normalized spacial score (nSPS) is 22.8. The van der Waals surface area contributed by atoms with E-state index in [4.69, 9.17) is 11.7 Å². The first-order valence-electron chi connectivity index (χ1n) is 12.2. The van der Waals surface area contributed by atoms with Gasteiger partial charge in [0.2, 0.25) is 5.70 Å². The van der Waals surface area contributed by atoms with E-state index in [1.54, 1.807) is 12.4 Å². The number of nitrogens with zero attached hydrogens (tertiary/aromatic N) is 5. The van der Waals surface area contributed by atoms with Gasteiger partial charge in [0.05, 0.1) is 23.6 Å². The number of hydrogen-bond acceptors (Lipinski definition) is 4. The van der Waals surface area contributed by atoms with Crippen LogP contribution in [0.3, 0.4) is 0 Å². The topological polar surface area (TPSA) is 65.0 Å². The van der Waals surface area contributed by atoms with Crippen LogP contribution >= 0.6 is 0 Å². The highest BCUT2D eigenvalue weighted by molar-refractivity contribution is 6.00. The summed E-state index contributed by atoms with van der Waals surface area (Å²) in [4.78, 5) is 25.4. The second kappa shape index (κ2) is 8.39. The number of ketones is 1. The Balaban J connectivity index is 1.57. The molecule has 36 heavy (non-hydrogen) atoms. The first-order chi connectivity index (χ1) is 17.5. The zero-order valence-corrected chi connectivity index (χ0v) is 20.2. The number of aromatic nitrogens is 4. The fraction of sp³-hybridized carbons (Fsp3) is 0.233. The number of pyridine rings is 2. The zero-order chi connectivity index (χ0) is 24.9. The molecule has 4 aromatic rings. The molecule has 3 atom stereocenters. The van der Waals surface area contributed by atoms with Crippen molar-refractivity contribution in [2.24, 2.45) is 11.8 Å². The summed E-state index contributed by atoms with van der Waals surface area (Å²) in [7, 11) is 0. The van der Waals surface area contributed by atoms with Gasteiger partial charge >= 0.3 is 0 Å². The minimum atomic E-state index is -0.497. The van der Waals surface area contributed by atoms with Crippen LogP contribution in [-0.2, 0) is 16.6 Å². The van der Waals surface area contributed by atoms with Gasteiger partial charge in [0.25, 0.3) is 0 Å². The number of fused-ring (bicyclic) bond motifs is 3. The molecule has 0 fully saturated rings. The third kappa shape index (κ3) is 3.31. The predicted molar refractivity (Wildman–Crippen MR) is 138 cm³/mol. The molecule has 1 aromatic carbocycles. The van der Waals surface area contributed by atoms with Gasteiger partial charge in [-0.25, -0.2) is 9.53 Å². The van der Waals surface area contributed by atoms with Crippen LogP contribution in [0.25, 0.3) is 33.0 Å². The maximum absolute atomic E-state index is 12.9. The van der Waals surface area contributed by atoms with Crippen LogP contribution in [0.4, 0.5) is 0 Å². The maximum Gasteiger partial charge on any atom is 0.226 e. The van der Waals surface area contributed by atoms with Crippen molar-refractivity contribution in [2.45, 2.75) is 32.1 Å². The van der Waals surface area contributed by atoms with Crippen LogP contribution in [0, 0.1) is 18.4 Å². The molecule has 0 saturated carbocycles. The first kappa shape index (κ1) is 22.1. The molecule has 0 radical (unpaired) electrons. The van der Waals surface area contributed by atoms with Gasteiger partial charge in [-0.05, 0) is 60.2 Å². The van der Waals surface area contributed by atoms with Crippen molar-refractivity contribution in [3.8, 4) is 28.2 Å². The van der Waals surface area contributed by atoms with Gasteiger partial charge in [-0.15, -0.1) is 0 Å². The molecular formula is C30H25N5O. The average molecular weight is 472 g/mol. The highest BCUT2D eigenvalue weighted by atomic mass is 16.1. The Bertz CT molecular complexity index is 1530.